The van der Waals surface area contributed by atoms with Gasteiger partial charge in [0.25, 0.3) is 0 Å². The van der Waals surface area contributed by atoms with E-state index in [1.807, 2.05) is 0 Å². The first-order valence-electron chi connectivity index (χ1n) is 6.07. The standard InChI is InChI=1S/C12H24N2O.ClH/c1-10(13)11(15)14-9-12(2)7-5-3-4-6-8-12;/h10H,3-9,13H2,1-2H3,(H,14,15);1H. The van der Waals surface area contributed by atoms with Gasteiger partial charge in [0, 0.05) is 6.54 Å². The summed E-state index contributed by atoms with van der Waals surface area (Å²) in [6.45, 7) is 4.79. The van der Waals surface area contributed by atoms with Crippen molar-refractivity contribution in [1.82, 2.24) is 5.32 Å². The Morgan fingerprint density at radius 2 is 1.81 bits per heavy atom. The fraction of sp³-hybridized carbons (Fsp3) is 0.917. The molecule has 1 unspecified atom stereocenters. The number of rotatable bonds is 3. The molecule has 1 aliphatic carbocycles. The molecule has 0 saturated heterocycles. The molecular formula is C12H25ClN2O. The second-order valence-electron chi connectivity index (χ2n) is 5.23. The van der Waals surface area contributed by atoms with Crippen LogP contribution < -0.4 is 11.1 Å². The van der Waals surface area contributed by atoms with E-state index in [1.165, 1.54) is 38.5 Å². The molecule has 0 radical (unpaired) electrons. The summed E-state index contributed by atoms with van der Waals surface area (Å²) in [5, 5.41) is 2.96. The smallest absolute Gasteiger partial charge is 0.236 e. The van der Waals surface area contributed by atoms with E-state index in [-0.39, 0.29) is 24.4 Å². The van der Waals surface area contributed by atoms with Crippen molar-refractivity contribution in [1.29, 1.82) is 0 Å². The van der Waals surface area contributed by atoms with E-state index in [1.54, 1.807) is 6.92 Å². The number of carbonyl (C=O) groups is 1. The largest absolute Gasteiger partial charge is 0.354 e. The Morgan fingerprint density at radius 3 is 2.25 bits per heavy atom. The Labute approximate surface area is 105 Å². The Hall–Kier alpha value is -0.280. The third kappa shape index (κ3) is 5.17. The number of carbonyl (C=O) groups excluding carboxylic acids is 1. The fourth-order valence-electron chi connectivity index (χ4n) is 2.22. The lowest BCUT2D eigenvalue weighted by Gasteiger charge is -2.28. The van der Waals surface area contributed by atoms with E-state index < -0.39 is 0 Å². The molecule has 0 aromatic carbocycles. The highest BCUT2D eigenvalue weighted by Crippen LogP contribution is 2.33. The van der Waals surface area contributed by atoms with E-state index in [0.29, 0.717) is 5.41 Å². The molecular weight excluding hydrogens is 224 g/mol. The summed E-state index contributed by atoms with van der Waals surface area (Å²) in [6.07, 6.45) is 7.74. The number of halogens is 1. The van der Waals surface area contributed by atoms with Gasteiger partial charge < -0.3 is 11.1 Å². The van der Waals surface area contributed by atoms with E-state index in [2.05, 4.69) is 12.2 Å². The molecule has 0 aromatic rings. The first kappa shape index (κ1) is 15.7. The van der Waals surface area contributed by atoms with Crippen molar-refractivity contribution in [2.75, 3.05) is 6.54 Å². The molecule has 0 aliphatic heterocycles. The summed E-state index contributed by atoms with van der Waals surface area (Å²) in [4.78, 5) is 11.4. The lowest BCUT2D eigenvalue weighted by atomic mass is 9.82. The van der Waals surface area contributed by atoms with Crippen LogP contribution in [0.4, 0.5) is 0 Å². The highest BCUT2D eigenvalue weighted by Gasteiger charge is 2.26. The molecule has 0 aromatic heterocycles. The maximum atomic E-state index is 11.4. The quantitative estimate of drug-likeness (QED) is 0.753. The zero-order chi connectivity index (χ0) is 11.3. The Morgan fingerprint density at radius 1 is 1.31 bits per heavy atom. The first-order chi connectivity index (χ1) is 7.03. The van der Waals surface area contributed by atoms with Crippen LogP contribution in [0.1, 0.15) is 52.4 Å². The summed E-state index contributed by atoms with van der Waals surface area (Å²) < 4.78 is 0. The maximum Gasteiger partial charge on any atom is 0.236 e. The van der Waals surface area contributed by atoms with Gasteiger partial charge in [-0.1, -0.05) is 32.6 Å². The molecule has 1 rings (SSSR count). The van der Waals surface area contributed by atoms with Gasteiger partial charge >= 0.3 is 0 Å². The molecule has 0 spiro atoms. The fourth-order valence-corrected chi connectivity index (χ4v) is 2.22. The van der Waals surface area contributed by atoms with Gasteiger partial charge in [-0.15, -0.1) is 12.4 Å². The topological polar surface area (TPSA) is 55.1 Å². The van der Waals surface area contributed by atoms with E-state index in [9.17, 15) is 4.79 Å². The van der Waals surface area contributed by atoms with Crippen molar-refractivity contribution in [2.24, 2.45) is 11.1 Å². The second kappa shape index (κ2) is 7.13. The Kier molecular flexibility index (Phi) is 7.00. The Bertz CT molecular complexity index is 211. The molecule has 1 saturated carbocycles. The zero-order valence-electron chi connectivity index (χ0n) is 10.4. The van der Waals surface area contributed by atoms with E-state index in [0.717, 1.165) is 6.54 Å². The Balaban J connectivity index is 0.00000225. The average Bonchev–Trinajstić information content (AvgIpc) is 2.40. The van der Waals surface area contributed by atoms with Crippen LogP contribution in [0, 0.1) is 5.41 Å². The third-order valence-electron chi connectivity index (χ3n) is 3.41. The van der Waals surface area contributed by atoms with Crippen molar-refractivity contribution in [3.8, 4) is 0 Å². The van der Waals surface area contributed by atoms with Gasteiger partial charge in [-0.3, -0.25) is 4.79 Å². The first-order valence-corrected chi connectivity index (χ1v) is 6.07. The number of nitrogens with one attached hydrogen (secondary N) is 1. The van der Waals surface area contributed by atoms with Gasteiger partial charge in [0.1, 0.15) is 0 Å². The van der Waals surface area contributed by atoms with E-state index >= 15 is 0 Å². The van der Waals surface area contributed by atoms with Crippen LogP contribution >= 0.6 is 12.4 Å². The van der Waals surface area contributed by atoms with E-state index in [4.69, 9.17) is 5.73 Å². The maximum absolute atomic E-state index is 11.4. The van der Waals surface area contributed by atoms with Crippen molar-refractivity contribution in [2.45, 2.75) is 58.4 Å². The van der Waals surface area contributed by atoms with Crippen LogP contribution in [-0.2, 0) is 4.79 Å². The van der Waals surface area contributed by atoms with Crippen molar-refractivity contribution in [3.63, 3.8) is 0 Å². The molecule has 1 amide bonds. The summed E-state index contributed by atoms with van der Waals surface area (Å²) in [5.41, 5.74) is 5.81. The number of hydrogen-bond acceptors (Lipinski definition) is 2. The van der Waals surface area contributed by atoms with Gasteiger partial charge in [0.2, 0.25) is 5.91 Å². The lowest BCUT2D eigenvalue weighted by molar-refractivity contribution is -0.122. The van der Waals surface area contributed by atoms with Gasteiger partial charge in [0.05, 0.1) is 6.04 Å². The van der Waals surface area contributed by atoms with Crippen LogP contribution in [0.5, 0.6) is 0 Å². The molecule has 0 heterocycles. The van der Waals surface area contributed by atoms with Gasteiger partial charge in [-0.25, -0.2) is 0 Å². The SMILES string of the molecule is CC(N)C(=O)NCC1(C)CCCCCC1.Cl. The minimum Gasteiger partial charge on any atom is -0.354 e. The van der Waals surface area contributed by atoms with Gasteiger partial charge in [0.15, 0.2) is 0 Å². The number of hydrogen-bond donors (Lipinski definition) is 2. The monoisotopic (exact) mass is 248 g/mol. The van der Waals surface area contributed by atoms with Crippen molar-refractivity contribution < 1.29 is 4.79 Å². The molecule has 3 N–H and O–H groups in total. The number of nitrogens with two attached hydrogens (primary N) is 1. The molecule has 3 nitrogen and oxygen atoms in total. The molecule has 1 aliphatic rings. The van der Waals surface area contributed by atoms with Gasteiger partial charge in [-0.2, -0.15) is 0 Å². The summed E-state index contributed by atoms with van der Waals surface area (Å²) in [5.74, 6) is -0.0273. The van der Waals surface area contributed by atoms with Gasteiger partial charge in [-0.05, 0) is 25.2 Å². The number of amides is 1. The minimum atomic E-state index is -0.389. The second-order valence-corrected chi connectivity index (χ2v) is 5.23. The van der Waals surface area contributed by atoms with Crippen LogP contribution in [0.3, 0.4) is 0 Å². The molecule has 1 fully saturated rings. The average molecular weight is 249 g/mol. The normalized spacial score (nSPS) is 21.4. The molecule has 1 atom stereocenters. The van der Waals surface area contributed by atoms with Crippen LogP contribution in [-0.4, -0.2) is 18.5 Å². The zero-order valence-corrected chi connectivity index (χ0v) is 11.2. The highest BCUT2D eigenvalue weighted by molar-refractivity contribution is 5.85. The predicted octanol–water partition coefficient (Wildman–Crippen LogP) is 2.23. The van der Waals surface area contributed by atoms with Crippen molar-refractivity contribution in [3.05, 3.63) is 0 Å². The van der Waals surface area contributed by atoms with Crippen LogP contribution in [0.25, 0.3) is 0 Å². The third-order valence-corrected chi connectivity index (χ3v) is 3.41. The summed E-state index contributed by atoms with van der Waals surface area (Å²) in [6, 6.07) is -0.389. The van der Waals surface area contributed by atoms with Crippen molar-refractivity contribution >= 4 is 18.3 Å². The minimum absolute atomic E-state index is 0. The summed E-state index contributed by atoms with van der Waals surface area (Å²) in [7, 11) is 0. The van der Waals surface area contributed by atoms with Crippen LogP contribution in [0.15, 0.2) is 0 Å². The predicted molar refractivity (Wildman–Crippen MR) is 69.7 cm³/mol. The lowest BCUT2D eigenvalue weighted by Crippen LogP contribution is -2.43. The molecule has 4 heteroatoms. The molecule has 16 heavy (non-hydrogen) atoms. The molecule has 0 bridgehead atoms. The summed E-state index contributed by atoms with van der Waals surface area (Å²) >= 11 is 0. The van der Waals surface area contributed by atoms with Crippen LogP contribution in [0.2, 0.25) is 0 Å². The highest BCUT2D eigenvalue weighted by atomic mass is 35.5. The molecule has 96 valence electrons.